The van der Waals surface area contributed by atoms with E-state index in [4.69, 9.17) is 9.26 Å². The van der Waals surface area contributed by atoms with Crippen LogP contribution < -0.4 is 9.64 Å². The summed E-state index contributed by atoms with van der Waals surface area (Å²) in [7, 11) is 1.68. The molecule has 1 aliphatic heterocycles. The van der Waals surface area contributed by atoms with Crippen molar-refractivity contribution in [2.24, 2.45) is 0 Å². The number of para-hydroxylation sites is 2. The summed E-state index contributed by atoms with van der Waals surface area (Å²) in [6.45, 7) is 1.95. The van der Waals surface area contributed by atoms with Gasteiger partial charge < -0.3 is 14.2 Å². The Morgan fingerprint density at radius 2 is 1.76 bits per heavy atom. The molecule has 0 radical (unpaired) electrons. The van der Waals surface area contributed by atoms with Crippen LogP contribution in [0, 0.1) is 0 Å². The molecule has 1 saturated heterocycles. The smallest absolute Gasteiger partial charge is 0.237 e. The van der Waals surface area contributed by atoms with Crippen molar-refractivity contribution in [3.63, 3.8) is 0 Å². The molecule has 1 aliphatic rings. The fourth-order valence-electron chi connectivity index (χ4n) is 4.01. The fourth-order valence-corrected chi connectivity index (χ4v) is 4.78. The Morgan fingerprint density at radius 3 is 2.58 bits per heavy atom. The summed E-state index contributed by atoms with van der Waals surface area (Å²) in [4.78, 5) is 6.87. The highest BCUT2D eigenvalue weighted by Crippen LogP contribution is 2.33. The van der Waals surface area contributed by atoms with Crippen molar-refractivity contribution in [3.8, 4) is 11.4 Å². The molecule has 33 heavy (non-hydrogen) atoms. The van der Waals surface area contributed by atoms with Crippen LogP contribution in [-0.2, 0) is 12.2 Å². The first-order valence-electron chi connectivity index (χ1n) is 11.1. The average molecular weight is 463 g/mol. The quantitative estimate of drug-likeness (QED) is 0.353. The van der Waals surface area contributed by atoms with Gasteiger partial charge in [-0.3, -0.25) is 4.57 Å². The molecule has 4 aromatic rings. The molecule has 0 aliphatic carbocycles. The Kier molecular flexibility index (Phi) is 6.57. The number of hydrogen-bond donors (Lipinski definition) is 0. The topological polar surface area (TPSA) is 82.1 Å². The third-order valence-electron chi connectivity index (χ3n) is 5.62. The van der Waals surface area contributed by atoms with Gasteiger partial charge in [-0.15, -0.1) is 10.2 Å². The number of methoxy groups -OCH3 is 1. The molecule has 3 heterocycles. The van der Waals surface area contributed by atoms with Crippen LogP contribution in [0.2, 0.25) is 0 Å². The summed E-state index contributed by atoms with van der Waals surface area (Å²) < 4.78 is 13.2. The van der Waals surface area contributed by atoms with Crippen LogP contribution in [0.1, 0.15) is 36.5 Å². The number of hydrogen-bond acceptors (Lipinski definition) is 8. The molecule has 5 rings (SSSR count). The maximum Gasteiger partial charge on any atom is 0.237 e. The SMILES string of the molecule is COc1ccccc1-n1c(SCc2nc(Cc3ccccc3)no2)nnc1N1CCCCC1. The lowest BCUT2D eigenvalue weighted by molar-refractivity contribution is 0.385. The minimum Gasteiger partial charge on any atom is -0.495 e. The summed E-state index contributed by atoms with van der Waals surface area (Å²) in [6, 6.07) is 18.1. The van der Waals surface area contributed by atoms with Crippen molar-refractivity contribution in [1.82, 2.24) is 24.9 Å². The van der Waals surface area contributed by atoms with Crippen LogP contribution >= 0.6 is 11.8 Å². The lowest BCUT2D eigenvalue weighted by Crippen LogP contribution is -2.31. The Balaban J connectivity index is 1.38. The molecule has 0 unspecified atom stereocenters. The van der Waals surface area contributed by atoms with Crippen LogP contribution in [-0.4, -0.2) is 45.1 Å². The Morgan fingerprint density at radius 1 is 0.970 bits per heavy atom. The first-order chi connectivity index (χ1) is 16.3. The predicted molar refractivity (Wildman–Crippen MR) is 127 cm³/mol. The number of anilines is 1. The van der Waals surface area contributed by atoms with Gasteiger partial charge in [0, 0.05) is 19.5 Å². The van der Waals surface area contributed by atoms with E-state index in [1.54, 1.807) is 7.11 Å². The normalized spacial score (nSPS) is 13.9. The van der Waals surface area contributed by atoms with Crippen molar-refractivity contribution in [2.45, 2.75) is 36.6 Å². The fraction of sp³-hybridized carbons (Fsp3) is 0.333. The molecule has 0 spiro atoms. The summed E-state index contributed by atoms with van der Waals surface area (Å²) >= 11 is 1.53. The first kappa shape index (κ1) is 21.5. The van der Waals surface area contributed by atoms with E-state index in [2.05, 4.69) is 41.9 Å². The van der Waals surface area contributed by atoms with Crippen LogP contribution in [0.5, 0.6) is 5.75 Å². The number of piperidine rings is 1. The molecule has 0 atom stereocenters. The standard InChI is InChI=1S/C24H26N6O2S/c1-31-20-13-7-6-12-19(20)30-23(29-14-8-3-9-15-29)26-27-24(30)33-17-22-25-21(28-32-22)16-18-10-4-2-5-11-18/h2,4-7,10-13H,3,8-9,14-17H2,1H3. The molecular formula is C24H26N6O2S. The predicted octanol–water partition coefficient (Wildman–Crippen LogP) is 4.53. The Bertz CT molecular complexity index is 1190. The van der Waals surface area contributed by atoms with Crippen LogP contribution in [0.4, 0.5) is 5.95 Å². The van der Waals surface area contributed by atoms with Gasteiger partial charge in [-0.2, -0.15) is 4.98 Å². The minimum absolute atomic E-state index is 0.509. The maximum atomic E-state index is 5.64. The van der Waals surface area contributed by atoms with E-state index in [1.807, 2.05) is 42.5 Å². The molecule has 2 aromatic carbocycles. The van der Waals surface area contributed by atoms with Gasteiger partial charge >= 0.3 is 0 Å². The van der Waals surface area contributed by atoms with E-state index >= 15 is 0 Å². The highest BCUT2D eigenvalue weighted by Gasteiger charge is 2.23. The van der Waals surface area contributed by atoms with E-state index in [1.165, 1.54) is 18.2 Å². The molecule has 0 N–H and O–H groups in total. The van der Waals surface area contributed by atoms with Crippen molar-refractivity contribution < 1.29 is 9.26 Å². The molecule has 0 bridgehead atoms. The van der Waals surface area contributed by atoms with E-state index in [0.717, 1.165) is 54.0 Å². The largest absolute Gasteiger partial charge is 0.495 e. The Labute approximate surface area is 197 Å². The molecule has 9 heteroatoms. The number of benzene rings is 2. The van der Waals surface area contributed by atoms with Gasteiger partial charge in [0.1, 0.15) is 5.75 Å². The second-order valence-corrected chi connectivity index (χ2v) is 8.84. The highest BCUT2D eigenvalue weighted by molar-refractivity contribution is 7.98. The molecule has 1 fully saturated rings. The second-order valence-electron chi connectivity index (χ2n) is 7.89. The van der Waals surface area contributed by atoms with E-state index in [0.29, 0.717) is 23.9 Å². The summed E-state index contributed by atoms with van der Waals surface area (Å²) in [5, 5.41) is 14.0. The Hall–Kier alpha value is -3.33. The van der Waals surface area contributed by atoms with Crippen LogP contribution in [0.25, 0.3) is 5.69 Å². The molecule has 170 valence electrons. The van der Waals surface area contributed by atoms with Crippen molar-refractivity contribution in [2.75, 3.05) is 25.1 Å². The zero-order valence-corrected chi connectivity index (χ0v) is 19.4. The zero-order chi connectivity index (χ0) is 22.5. The summed E-state index contributed by atoms with van der Waals surface area (Å²) in [6.07, 6.45) is 4.22. The number of nitrogens with zero attached hydrogens (tertiary/aromatic N) is 6. The lowest BCUT2D eigenvalue weighted by Gasteiger charge is -2.28. The van der Waals surface area contributed by atoms with Gasteiger partial charge in [-0.1, -0.05) is 59.4 Å². The number of thioether (sulfide) groups is 1. The third-order valence-corrected chi connectivity index (χ3v) is 6.53. The monoisotopic (exact) mass is 462 g/mol. The summed E-state index contributed by atoms with van der Waals surface area (Å²) in [5.41, 5.74) is 2.07. The molecule has 8 nitrogen and oxygen atoms in total. The first-order valence-corrected chi connectivity index (χ1v) is 12.1. The maximum absolute atomic E-state index is 5.64. The van der Waals surface area contributed by atoms with Gasteiger partial charge in [0.15, 0.2) is 11.0 Å². The lowest BCUT2D eigenvalue weighted by atomic mass is 10.1. The minimum atomic E-state index is 0.509. The zero-order valence-electron chi connectivity index (χ0n) is 18.6. The number of aromatic nitrogens is 5. The van der Waals surface area contributed by atoms with Gasteiger partial charge in [0.2, 0.25) is 11.8 Å². The molecular weight excluding hydrogens is 436 g/mol. The van der Waals surface area contributed by atoms with Crippen LogP contribution in [0.3, 0.4) is 0 Å². The van der Waals surface area contributed by atoms with Crippen molar-refractivity contribution in [3.05, 3.63) is 71.9 Å². The van der Waals surface area contributed by atoms with E-state index in [9.17, 15) is 0 Å². The van der Waals surface area contributed by atoms with Gasteiger partial charge in [-0.25, -0.2) is 0 Å². The van der Waals surface area contributed by atoms with Gasteiger partial charge in [0.05, 0.1) is 18.6 Å². The van der Waals surface area contributed by atoms with Gasteiger partial charge in [-0.05, 0) is 37.0 Å². The average Bonchev–Trinajstić information content (AvgIpc) is 3.50. The summed E-state index contributed by atoms with van der Waals surface area (Å²) in [5.74, 6) is 3.38. The van der Waals surface area contributed by atoms with E-state index in [-0.39, 0.29) is 0 Å². The molecule has 0 saturated carbocycles. The van der Waals surface area contributed by atoms with Crippen molar-refractivity contribution >= 4 is 17.7 Å². The van der Waals surface area contributed by atoms with Crippen molar-refractivity contribution in [1.29, 1.82) is 0 Å². The highest BCUT2D eigenvalue weighted by atomic mass is 32.2. The second kappa shape index (κ2) is 10.1. The van der Waals surface area contributed by atoms with Gasteiger partial charge in [0.25, 0.3) is 0 Å². The molecule has 0 amide bonds. The molecule has 2 aromatic heterocycles. The number of ether oxygens (including phenoxy) is 1. The van der Waals surface area contributed by atoms with Crippen LogP contribution in [0.15, 0.2) is 64.3 Å². The number of rotatable bonds is 8. The third kappa shape index (κ3) is 4.88. The van der Waals surface area contributed by atoms with E-state index < -0.39 is 0 Å².